The summed E-state index contributed by atoms with van der Waals surface area (Å²) in [6, 6.07) is 9.26. The van der Waals surface area contributed by atoms with Crippen molar-refractivity contribution >= 4 is 17.4 Å². The summed E-state index contributed by atoms with van der Waals surface area (Å²) >= 11 is 0. The Balaban J connectivity index is 2.03. The van der Waals surface area contributed by atoms with E-state index in [0.717, 1.165) is 24.8 Å². The van der Waals surface area contributed by atoms with Gasteiger partial charge in [-0.05, 0) is 55.2 Å². The van der Waals surface area contributed by atoms with Crippen LogP contribution in [0.1, 0.15) is 37.8 Å². The summed E-state index contributed by atoms with van der Waals surface area (Å²) in [5.74, 6) is 0.602. The zero-order chi connectivity index (χ0) is 23.1. The molecule has 1 aliphatic rings. The number of likely N-dealkylation sites (N-methyl/N-ethyl adjacent to an activating group) is 1. The van der Waals surface area contributed by atoms with E-state index >= 15 is 0 Å². The molecule has 1 aromatic carbocycles. The number of carbonyl (C=O) groups is 2. The lowest BCUT2D eigenvalue weighted by atomic mass is 10.0. The third-order valence-corrected chi connectivity index (χ3v) is 5.67. The molecule has 0 radical (unpaired) electrons. The van der Waals surface area contributed by atoms with Gasteiger partial charge in [-0.2, -0.15) is 0 Å². The van der Waals surface area contributed by atoms with Crippen molar-refractivity contribution in [1.82, 2.24) is 14.8 Å². The molecule has 0 atom stereocenters. The van der Waals surface area contributed by atoms with E-state index in [1.807, 2.05) is 36.9 Å². The average molecular weight is 438 g/mol. The first-order valence-corrected chi connectivity index (χ1v) is 11.0. The number of hydrogen-bond acceptors (Lipinski definition) is 6. The number of unbranched alkanes of at least 4 members (excludes halogenated alkanes) is 1. The lowest BCUT2D eigenvalue weighted by Crippen LogP contribution is -2.36. The van der Waals surface area contributed by atoms with Crippen LogP contribution in [0.3, 0.4) is 0 Å². The van der Waals surface area contributed by atoms with Crippen molar-refractivity contribution in [2.24, 2.45) is 0 Å². The monoisotopic (exact) mass is 437 g/mol. The van der Waals surface area contributed by atoms with Crippen molar-refractivity contribution in [3.63, 3.8) is 0 Å². The van der Waals surface area contributed by atoms with E-state index in [1.165, 1.54) is 4.90 Å². The zero-order valence-electron chi connectivity index (χ0n) is 19.3. The van der Waals surface area contributed by atoms with E-state index in [9.17, 15) is 9.59 Å². The van der Waals surface area contributed by atoms with Crippen molar-refractivity contribution in [3.8, 4) is 11.5 Å². The van der Waals surface area contributed by atoms with Crippen molar-refractivity contribution in [2.75, 3.05) is 33.9 Å². The number of carbonyl (C=O) groups excluding carboxylic acids is 2. The molecule has 0 spiro atoms. The summed E-state index contributed by atoms with van der Waals surface area (Å²) in [7, 11) is 3.12. The van der Waals surface area contributed by atoms with Crippen LogP contribution < -0.4 is 9.47 Å². The summed E-state index contributed by atoms with van der Waals surface area (Å²) in [6.45, 7) is 5.68. The van der Waals surface area contributed by atoms with Gasteiger partial charge in [0.1, 0.15) is 5.70 Å². The van der Waals surface area contributed by atoms with Gasteiger partial charge in [0.25, 0.3) is 11.8 Å². The molecular weight excluding hydrogens is 406 g/mol. The first-order chi connectivity index (χ1) is 15.5. The van der Waals surface area contributed by atoms with Crippen molar-refractivity contribution in [2.45, 2.75) is 33.1 Å². The second-order valence-corrected chi connectivity index (χ2v) is 7.59. The van der Waals surface area contributed by atoms with Crippen LogP contribution in [0, 0.1) is 0 Å². The van der Waals surface area contributed by atoms with Gasteiger partial charge in [-0.1, -0.05) is 19.4 Å². The smallest absolute Gasteiger partial charge is 0.277 e. The minimum atomic E-state index is -0.256. The number of rotatable bonds is 11. The van der Waals surface area contributed by atoms with E-state index in [4.69, 9.17) is 9.47 Å². The predicted molar refractivity (Wildman–Crippen MR) is 123 cm³/mol. The largest absolute Gasteiger partial charge is 0.493 e. The number of methoxy groups -OCH3 is 2. The summed E-state index contributed by atoms with van der Waals surface area (Å²) in [6.07, 6.45) is 5.94. The Kier molecular flexibility index (Phi) is 7.87. The molecule has 0 fully saturated rings. The normalized spacial score (nSPS) is 13.7. The molecule has 170 valence electrons. The Labute approximate surface area is 189 Å². The number of amides is 2. The van der Waals surface area contributed by atoms with Gasteiger partial charge in [-0.3, -0.25) is 19.5 Å². The maximum atomic E-state index is 13.4. The average Bonchev–Trinajstić information content (AvgIpc) is 3.07. The number of pyridine rings is 1. The first kappa shape index (κ1) is 23.3. The quantitative estimate of drug-likeness (QED) is 0.501. The molecule has 1 aromatic heterocycles. The molecule has 2 aromatic rings. The van der Waals surface area contributed by atoms with E-state index in [1.54, 1.807) is 38.7 Å². The fourth-order valence-electron chi connectivity index (χ4n) is 3.87. The summed E-state index contributed by atoms with van der Waals surface area (Å²) in [4.78, 5) is 34.3. The third-order valence-electron chi connectivity index (χ3n) is 5.67. The molecule has 2 amide bonds. The number of benzene rings is 1. The van der Waals surface area contributed by atoms with Crippen LogP contribution in [-0.2, 0) is 16.0 Å². The number of aromatic nitrogens is 1. The van der Waals surface area contributed by atoms with E-state index in [-0.39, 0.29) is 11.8 Å². The Hall–Kier alpha value is -3.35. The van der Waals surface area contributed by atoms with Crippen LogP contribution in [0.5, 0.6) is 11.5 Å². The van der Waals surface area contributed by atoms with Crippen molar-refractivity contribution in [1.29, 1.82) is 0 Å². The topological polar surface area (TPSA) is 72.0 Å². The molecule has 7 heteroatoms. The fraction of sp³-hybridized carbons (Fsp3) is 0.400. The molecule has 3 rings (SSSR count). The minimum absolute atomic E-state index is 0.232. The number of nitrogens with zero attached hydrogens (tertiary/aromatic N) is 3. The van der Waals surface area contributed by atoms with Gasteiger partial charge in [0, 0.05) is 32.0 Å². The predicted octanol–water partition coefficient (Wildman–Crippen LogP) is 3.54. The standard InChI is InChI=1S/C25H31N3O4/c1-5-7-15-28-24(29)22(19-8-9-20(31-3)21(17-19)32-4)23(25(28)30)27(6-2)16-12-18-10-13-26-14-11-18/h8-11,13-14,17H,5-7,12,15-16H2,1-4H3. The van der Waals surface area contributed by atoms with Crippen LogP contribution in [-0.4, -0.2) is 60.5 Å². The van der Waals surface area contributed by atoms with Crippen molar-refractivity contribution < 1.29 is 19.1 Å². The molecule has 32 heavy (non-hydrogen) atoms. The lowest BCUT2D eigenvalue weighted by molar-refractivity contribution is -0.137. The Bertz CT molecular complexity index is 988. The van der Waals surface area contributed by atoms with Gasteiger partial charge in [0.2, 0.25) is 0 Å². The van der Waals surface area contributed by atoms with E-state index in [0.29, 0.717) is 48.0 Å². The fourth-order valence-corrected chi connectivity index (χ4v) is 3.87. The SMILES string of the molecule is CCCCN1C(=O)C(c2ccc(OC)c(OC)c2)=C(N(CC)CCc2ccncc2)C1=O. The second-order valence-electron chi connectivity index (χ2n) is 7.59. The highest BCUT2D eigenvalue weighted by atomic mass is 16.5. The van der Waals surface area contributed by atoms with Gasteiger partial charge in [0.05, 0.1) is 19.8 Å². The van der Waals surface area contributed by atoms with Gasteiger partial charge >= 0.3 is 0 Å². The van der Waals surface area contributed by atoms with Gasteiger partial charge in [0.15, 0.2) is 11.5 Å². The minimum Gasteiger partial charge on any atom is -0.493 e. The maximum Gasteiger partial charge on any atom is 0.277 e. The van der Waals surface area contributed by atoms with E-state index in [2.05, 4.69) is 4.98 Å². The highest BCUT2D eigenvalue weighted by Gasteiger charge is 2.41. The van der Waals surface area contributed by atoms with Crippen LogP contribution in [0.15, 0.2) is 48.4 Å². The van der Waals surface area contributed by atoms with Gasteiger partial charge in [-0.25, -0.2) is 0 Å². The molecular formula is C25H31N3O4. The second kappa shape index (κ2) is 10.8. The summed E-state index contributed by atoms with van der Waals surface area (Å²) < 4.78 is 10.8. The lowest BCUT2D eigenvalue weighted by Gasteiger charge is -2.25. The highest BCUT2D eigenvalue weighted by Crippen LogP contribution is 2.36. The molecule has 0 aliphatic carbocycles. The van der Waals surface area contributed by atoms with Gasteiger partial charge < -0.3 is 14.4 Å². The number of ether oxygens (including phenoxy) is 2. The summed E-state index contributed by atoms with van der Waals surface area (Å²) in [5, 5.41) is 0. The Morgan fingerprint density at radius 2 is 1.69 bits per heavy atom. The van der Waals surface area contributed by atoms with Crippen molar-refractivity contribution in [3.05, 3.63) is 59.5 Å². The molecule has 0 bridgehead atoms. The number of hydrogen-bond donors (Lipinski definition) is 0. The van der Waals surface area contributed by atoms with Crippen LogP contribution in [0.2, 0.25) is 0 Å². The maximum absolute atomic E-state index is 13.4. The molecule has 7 nitrogen and oxygen atoms in total. The molecule has 2 heterocycles. The molecule has 0 saturated carbocycles. The molecule has 0 unspecified atom stereocenters. The third kappa shape index (κ3) is 4.77. The zero-order valence-corrected chi connectivity index (χ0v) is 19.3. The Morgan fingerprint density at radius 3 is 2.31 bits per heavy atom. The molecule has 1 aliphatic heterocycles. The summed E-state index contributed by atoms with van der Waals surface area (Å²) in [5.41, 5.74) is 2.65. The molecule has 0 saturated heterocycles. The first-order valence-electron chi connectivity index (χ1n) is 11.0. The number of imide groups is 1. The van der Waals surface area contributed by atoms with E-state index < -0.39 is 0 Å². The Morgan fingerprint density at radius 1 is 0.969 bits per heavy atom. The van der Waals surface area contributed by atoms with Gasteiger partial charge in [-0.15, -0.1) is 0 Å². The highest BCUT2D eigenvalue weighted by molar-refractivity contribution is 6.35. The van der Waals surface area contributed by atoms with Crippen LogP contribution >= 0.6 is 0 Å². The van der Waals surface area contributed by atoms with Crippen LogP contribution in [0.4, 0.5) is 0 Å². The molecule has 0 N–H and O–H groups in total. The van der Waals surface area contributed by atoms with Crippen LogP contribution in [0.25, 0.3) is 5.57 Å².